The Hall–Kier alpha value is -5.86. The molecule has 1 amide bonds. The van der Waals surface area contributed by atoms with Crippen LogP contribution in [0.4, 0.5) is 11.4 Å². The van der Waals surface area contributed by atoms with Crippen LogP contribution >= 0.6 is 0 Å². The minimum Gasteiger partial charge on any atom is -0.345 e. The Morgan fingerprint density at radius 3 is 2.02 bits per heavy atom. The summed E-state index contributed by atoms with van der Waals surface area (Å²) in [4.78, 5) is 14.1. The van der Waals surface area contributed by atoms with Gasteiger partial charge in [-0.15, -0.1) is 5.10 Å². The molecule has 0 radical (unpaired) electrons. The van der Waals surface area contributed by atoms with Gasteiger partial charge in [0.2, 0.25) is 0 Å². The first-order chi connectivity index (χ1) is 24.9. The predicted molar refractivity (Wildman–Crippen MR) is 200 cm³/mol. The van der Waals surface area contributed by atoms with Crippen molar-refractivity contribution >= 4 is 37.3 Å². The number of amides is 1. The SMILES string of the molecule is Cc1ccc(C(=O)N(C)C)cc1NS(=O)(=O)c1ccc(-c2cccc(CCCc3ccc(S(=O)(=O)Nc4ccccc4-n4cnnn4)cc3)c2)cc1. The van der Waals surface area contributed by atoms with E-state index in [0.717, 1.165) is 41.5 Å². The molecule has 5 aromatic carbocycles. The van der Waals surface area contributed by atoms with Crippen LogP contribution in [-0.4, -0.2) is 61.9 Å². The Kier molecular flexibility index (Phi) is 10.5. The quantitative estimate of drug-likeness (QED) is 0.144. The minimum atomic E-state index is -3.90. The van der Waals surface area contributed by atoms with Gasteiger partial charge in [-0.05, 0) is 113 Å². The van der Waals surface area contributed by atoms with E-state index in [9.17, 15) is 21.6 Å². The van der Waals surface area contributed by atoms with Gasteiger partial charge in [0.1, 0.15) is 6.33 Å². The average molecular weight is 736 g/mol. The van der Waals surface area contributed by atoms with Gasteiger partial charge in [0.05, 0.1) is 26.9 Å². The highest BCUT2D eigenvalue weighted by Gasteiger charge is 2.19. The normalized spacial score (nSPS) is 11.6. The third-order valence-corrected chi connectivity index (χ3v) is 11.2. The Bertz CT molecular complexity index is 2420. The lowest BCUT2D eigenvalue weighted by molar-refractivity contribution is 0.0827. The summed E-state index contributed by atoms with van der Waals surface area (Å²) in [7, 11) is -4.47. The van der Waals surface area contributed by atoms with Gasteiger partial charge < -0.3 is 4.90 Å². The Morgan fingerprint density at radius 1 is 0.692 bits per heavy atom. The average Bonchev–Trinajstić information content (AvgIpc) is 3.68. The molecule has 12 nitrogen and oxygen atoms in total. The number of carbonyl (C=O) groups excluding carboxylic acids is 1. The molecule has 0 aliphatic carbocycles. The van der Waals surface area contributed by atoms with E-state index in [4.69, 9.17) is 0 Å². The van der Waals surface area contributed by atoms with Crippen LogP contribution < -0.4 is 9.44 Å². The van der Waals surface area contributed by atoms with E-state index >= 15 is 0 Å². The van der Waals surface area contributed by atoms with Crippen molar-refractivity contribution in [2.75, 3.05) is 23.5 Å². The first-order valence-corrected chi connectivity index (χ1v) is 19.3. The smallest absolute Gasteiger partial charge is 0.261 e. The number of anilines is 2. The predicted octanol–water partition coefficient (Wildman–Crippen LogP) is 6.12. The number of hydrogen-bond acceptors (Lipinski definition) is 8. The molecule has 0 aliphatic heterocycles. The molecular weight excluding hydrogens is 699 g/mol. The van der Waals surface area contributed by atoms with Gasteiger partial charge in [-0.3, -0.25) is 14.2 Å². The molecule has 2 N–H and O–H groups in total. The van der Waals surface area contributed by atoms with E-state index in [-0.39, 0.29) is 15.7 Å². The molecule has 6 rings (SSSR count). The van der Waals surface area contributed by atoms with Gasteiger partial charge in [0.15, 0.2) is 0 Å². The highest BCUT2D eigenvalue weighted by Crippen LogP contribution is 2.27. The number of benzene rings is 5. The molecule has 0 spiro atoms. The topological polar surface area (TPSA) is 156 Å². The van der Waals surface area contributed by atoms with E-state index in [2.05, 4.69) is 37.1 Å². The molecule has 0 bridgehead atoms. The zero-order valence-corrected chi connectivity index (χ0v) is 30.4. The number of rotatable bonds is 13. The largest absolute Gasteiger partial charge is 0.345 e. The monoisotopic (exact) mass is 735 g/mol. The summed E-state index contributed by atoms with van der Waals surface area (Å²) in [6.45, 7) is 1.78. The van der Waals surface area contributed by atoms with E-state index in [1.165, 1.54) is 15.9 Å². The Balaban J connectivity index is 1.06. The number of para-hydroxylation sites is 2. The zero-order valence-electron chi connectivity index (χ0n) is 28.8. The third kappa shape index (κ3) is 8.36. The molecule has 0 saturated heterocycles. The van der Waals surface area contributed by atoms with Crippen molar-refractivity contribution in [3.05, 3.63) is 144 Å². The number of nitrogens with zero attached hydrogens (tertiary/aromatic N) is 5. The van der Waals surface area contributed by atoms with Crippen LogP contribution in [0, 0.1) is 6.92 Å². The standard InChI is InChI=1S/C38H37N7O5S2/c1-27-14-17-32(38(46)44(2)3)25-36(27)41-52(49,50)34-22-18-30(19-23-34)31-11-7-10-29(24-31)9-6-8-28-15-20-33(21-16-28)51(47,48)40-35-12-4-5-13-37(35)45-26-39-42-43-45/h4-5,7,10-26,40-41H,6,8-9H2,1-3H3. The van der Waals surface area contributed by atoms with Gasteiger partial charge >= 0.3 is 0 Å². The summed E-state index contributed by atoms with van der Waals surface area (Å²) in [5, 5.41) is 11.1. The fraction of sp³-hybridized carbons (Fsp3) is 0.158. The van der Waals surface area contributed by atoms with Crippen molar-refractivity contribution in [2.24, 2.45) is 0 Å². The van der Waals surface area contributed by atoms with Crippen LogP contribution in [0.5, 0.6) is 0 Å². The fourth-order valence-electron chi connectivity index (χ4n) is 5.63. The summed E-state index contributed by atoms with van der Waals surface area (Å²) < 4.78 is 59.5. The van der Waals surface area contributed by atoms with Crippen LogP contribution in [0.2, 0.25) is 0 Å². The molecule has 0 aliphatic rings. The van der Waals surface area contributed by atoms with Crippen molar-refractivity contribution in [1.82, 2.24) is 25.1 Å². The molecule has 0 fully saturated rings. The molecule has 1 heterocycles. The molecule has 6 aromatic rings. The summed E-state index contributed by atoms with van der Waals surface area (Å²) >= 11 is 0. The van der Waals surface area contributed by atoms with Gasteiger partial charge in [0, 0.05) is 19.7 Å². The second kappa shape index (κ2) is 15.2. The van der Waals surface area contributed by atoms with Gasteiger partial charge in [-0.25, -0.2) is 16.8 Å². The molecule has 0 saturated carbocycles. The summed E-state index contributed by atoms with van der Waals surface area (Å²) in [5.74, 6) is -0.218. The summed E-state index contributed by atoms with van der Waals surface area (Å²) in [5.41, 5.74) is 6.28. The number of aromatic nitrogens is 4. The Morgan fingerprint density at radius 2 is 1.35 bits per heavy atom. The lowest BCUT2D eigenvalue weighted by atomic mass is 9.99. The lowest BCUT2D eigenvalue weighted by Crippen LogP contribution is -2.22. The van der Waals surface area contributed by atoms with Crippen LogP contribution in [0.1, 0.15) is 33.5 Å². The molecule has 0 unspecified atom stereocenters. The van der Waals surface area contributed by atoms with Crippen molar-refractivity contribution in [2.45, 2.75) is 36.0 Å². The molecular formula is C38H37N7O5S2. The molecule has 14 heteroatoms. The molecule has 0 atom stereocenters. The van der Waals surface area contributed by atoms with Crippen molar-refractivity contribution in [1.29, 1.82) is 0 Å². The number of carbonyl (C=O) groups is 1. The summed E-state index contributed by atoms with van der Waals surface area (Å²) in [6, 6.07) is 33.5. The Labute approximate surface area is 303 Å². The maximum atomic E-state index is 13.3. The highest BCUT2D eigenvalue weighted by atomic mass is 32.2. The minimum absolute atomic E-state index is 0.111. The zero-order chi connectivity index (χ0) is 36.9. The van der Waals surface area contributed by atoms with E-state index < -0.39 is 20.0 Å². The number of nitrogens with one attached hydrogen (secondary N) is 2. The number of sulfonamides is 2. The number of tetrazole rings is 1. The van der Waals surface area contributed by atoms with Crippen LogP contribution in [0.25, 0.3) is 16.8 Å². The summed E-state index contributed by atoms with van der Waals surface area (Å²) in [6.07, 6.45) is 3.79. The highest BCUT2D eigenvalue weighted by molar-refractivity contribution is 7.93. The first-order valence-electron chi connectivity index (χ1n) is 16.4. The fourth-order valence-corrected chi connectivity index (χ4v) is 7.82. The van der Waals surface area contributed by atoms with Gasteiger partial charge in [-0.1, -0.05) is 66.7 Å². The van der Waals surface area contributed by atoms with E-state index in [1.807, 2.05) is 24.3 Å². The van der Waals surface area contributed by atoms with Crippen LogP contribution in [0.3, 0.4) is 0 Å². The first kappa shape index (κ1) is 35.9. The van der Waals surface area contributed by atoms with Crippen LogP contribution in [-0.2, 0) is 32.9 Å². The van der Waals surface area contributed by atoms with Gasteiger partial charge in [-0.2, -0.15) is 4.68 Å². The third-order valence-electron chi connectivity index (χ3n) is 8.47. The van der Waals surface area contributed by atoms with Crippen molar-refractivity contribution < 1.29 is 21.6 Å². The maximum absolute atomic E-state index is 13.3. The van der Waals surface area contributed by atoms with Crippen molar-refractivity contribution in [3.8, 4) is 16.8 Å². The molecule has 52 heavy (non-hydrogen) atoms. The van der Waals surface area contributed by atoms with E-state index in [0.29, 0.717) is 28.2 Å². The molecule has 266 valence electrons. The number of aryl methyl sites for hydroxylation is 3. The maximum Gasteiger partial charge on any atom is 0.261 e. The molecule has 1 aromatic heterocycles. The van der Waals surface area contributed by atoms with E-state index in [1.54, 1.807) is 99.9 Å². The van der Waals surface area contributed by atoms with Crippen LogP contribution in [0.15, 0.2) is 131 Å². The number of hydrogen-bond donors (Lipinski definition) is 2. The van der Waals surface area contributed by atoms with Gasteiger partial charge in [0.25, 0.3) is 26.0 Å². The van der Waals surface area contributed by atoms with Crippen molar-refractivity contribution in [3.63, 3.8) is 0 Å². The second-order valence-corrected chi connectivity index (χ2v) is 15.8. The second-order valence-electron chi connectivity index (χ2n) is 12.4. The lowest BCUT2D eigenvalue weighted by Gasteiger charge is -2.15.